The average molecular weight is 183 g/mol. The Morgan fingerprint density at radius 1 is 1.69 bits per heavy atom. The zero-order chi connectivity index (χ0) is 9.84. The third-order valence-corrected chi connectivity index (χ3v) is 1.31. The quantitative estimate of drug-likeness (QED) is 0.667. The molecule has 0 aliphatic rings. The van der Waals surface area contributed by atoms with Crippen molar-refractivity contribution in [1.82, 2.24) is 9.97 Å². The second kappa shape index (κ2) is 3.70. The minimum absolute atomic E-state index is 0.00981. The topological polar surface area (TPSA) is 98.3 Å². The number of aromatic nitrogens is 2. The molecule has 0 saturated heterocycles. The minimum Gasteiger partial charge on any atom is -0.481 e. The van der Waals surface area contributed by atoms with E-state index in [1.807, 2.05) is 0 Å². The average Bonchev–Trinajstić information content (AvgIpc) is 2.01. The largest absolute Gasteiger partial charge is 0.481 e. The maximum atomic E-state index is 10.3. The second-order valence-electron chi connectivity index (χ2n) is 2.33. The Balaban J connectivity index is 2.94. The van der Waals surface area contributed by atoms with Crippen LogP contribution >= 0.6 is 0 Å². The summed E-state index contributed by atoms with van der Waals surface area (Å²) in [4.78, 5) is 17.8. The molecule has 0 fully saturated rings. The molecule has 0 aliphatic carbocycles. The molecule has 1 rings (SSSR count). The molecule has 0 amide bonds. The third-order valence-electron chi connectivity index (χ3n) is 1.31. The highest BCUT2D eigenvalue weighted by molar-refractivity contribution is 5.69. The fourth-order valence-corrected chi connectivity index (χ4v) is 0.842. The number of ether oxygens (including phenoxy) is 1. The highest BCUT2D eigenvalue weighted by Gasteiger charge is 2.05. The molecular formula is C7H9N3O3. The van der Waals surface area contributed by atoms with Crippen molar-refractivity contribution in [2.45, 2.75) is 6.42 Å². The number of hydrogen-bond donors (Lipinski definition) is 2. The summed E-state index contributed by atoms with van der Waals surface area (Å²) in [5, 5.41) is 8.48. The molecule has 6 nitrogen and oxygen atoms in total. The van der Waals surface area contributed by atoms with Gasteiger partial charge in [0.1, 0.15) is 0 Å². The summed E-state index contributed by atoms with van der Waals surface area (Å²) in [7, 11) is 1.42. The first kappa shape index (κ1) is 9.24. The summed E-state index contributed by atoms with van der Waals surface area (Å²) >= 11 is 0. The van der Waals surface area contributed by atoms with Gasteiger partial charge in [-0.05, 0) is 0 Å². The van der Waals surface area contributed by atoms with Gasteiger partial charge in [-0.15, -0.1) is 0 Å². The van der Waals surface area contributed by atoms with Crippen molar-refractivity contribution in [2.24, 2.45) is 0 Å². The number of aliphatic carboxylic acids is 1. The fourth-order valence-electron chi connectivity index (χ4n) is 0.842. The van der Waals surface area contributed by atoms with Crippen LogP contribution in [0.3, 0.4) is 0 Å². The van der Waals surface area contributed by atoms with Crippen LogP contribution in [0.2, 0.25) is 0 Å². The van der Waals surface area contributed by atoms with Gasteiger partial charge in [-0.2, -0.15) is 4.98 Å². The molecule has 0 atom stereocenters. The van der Waals surface area contributed by atoms with Crippen molar-refractivity contribution < 1.29 is 14.6 Å². The Hall–Kier alpha value is -1.85. The van der Waals surface area contributed by atoms with Crippen molar-refractivity contribution >= 4 is 11.9 Å². The Morgan fingerprint density at radius 2 is 2.38 bits per heavy atom. The number of rotatable bonds is 3. The summed E-state index contributed by atoms with van der Waals surface area (Å²) in [6, 6.07) is 1.44. The smallest absolute Gasteiger partial charge is 0.309 e. The number of carboxylic acid groups (broad SMARTS) is 1. The lowest BCUT2D eigenvalue weighted by molar-refractivity contribution is -0.136. The summed E-state index contributed by atoms with van der Waals surface area (Å²) < 4.78 is 4.79. The second-order valence-corrected chi connectivity index (χ2v) is 2.33. The SMILES string of the molecule is COc1cc(CC(=O)O)nc(N)n1. The molecule has 0 unspecified atom stereocenters. The summed E-state index contributed by atoms with van der Waals surface area (Å²) in [5.74, 6) is -0.695. The van der Waals surface area contributed by atoms with Gasteiger partial charge >= 0.3 is 5.97 Å². The Labute approximate surface area is 74.4 Å². The first-order chi connectivity index (χ1) is 6.11. The number of anilines is 1. The summed E-state index contributed by atoms with van der Waals surface area (Å²) in [6.45, 7) is 0. The summed E-state index contributed by atoms with van der Waals surface area (Å²) in [5.41, 5.74) is 5.65. The zero-order valence-corrected chi connectivity index (χ0v) is 7.02. The first-order valence-corrected chi connectivity index (χ1v) is 3.51. The third kappa shape index (κ3) is 2.58. The minimum atomic E-state index is -0.972. The molecule has 1 aromatic rings. The van der Waals surface area contributed by atoms with E-state index in [-0.39, 0.29) is 18.2 Å². The summed E-state index contributed by atoms with van der Waals surface area (Å²) in [6.07, 6.45) is -0.191. The molecule has 0 radical (unpaired) electrons. The van der Waals surface area contributed by atoms with Gasteiger partial charge in [-0.3, -0.25) is 4.79 Å². The number of methoxy groups -OCH3 is 1. The van der Waals surface area contributed by atoms with Crippen LogP contribution in [0, 0.1) is 0 Å². The lowest BCUT2D eigenvalue weighted by Crippen LogP contribution is -2.06. The van der Waals surface area contributed by atoms with Crippen LogP contribution < -0.4 is 10.5 Å². The van der Waals surface area contributed by atoms with E-state index < -0.39 is 5.97 Å². The van der Waals surface area contributed by atoms with Gasteiger partial charge in [0.05, 0.1) is 19.2 Å². The van der Waals surface area contributed by atoms with Crippen molar-refractivity contribution in [3.8, 4) is 5.88 Å². The number of nitrogen functional groups attached to an aromatic ring is 1. The van der Waals surface area contributed by atoms with Gasteiger partial charge in [-0.1, -0.05) is 0 Å². The number of carboxylic acids is 1. The molecule has 0 aliphatic heterocycles. The van der Waals surface area contributed by atoms with Crippen molar-refractivity contribution in [1.29, 1.82) is 0 Å². The molecule has 1 aromatic heterocycles. The molecule has 1 heterocycles. The van der Waals surface area contributed by atoms with Crippen molar-refractivity contribution in [2.75, 3.05) is 12.8 Å². The molecule has 0 bridgehead atoms. The van der Waals surface area contributed by atoms with E-state index in [4.69, 9.17) is 15.6 Å². The van der Waals surface area contributed by atoms with E-state index in [1.54, 1.807) is 0 Å². The van der Waals surface area contributed by atoms with Crippen LogP contribution in [0.15, 0.2) is 6.07 Å². The standard InChI is InChI=1S/C7H9N3O3/c1-13-5-2-4(3-6(11)12)9-7(8)10-5/h2H,3H2,1H3,(H,11,12)(H2,8,9,10). The van der Waals surface area contributed by atoms with E-state index in [1.165, 1.54) is 13.2 Å². The maximum Gasteiger partial charge on any atom is 0.309 e. The van der Waals surface area contributed by atoms with Crippen LogP contribution in [0.5, 0.6) is 5.88 Å². The molecule has 3 N–H and O–H groups in total. The van der Waals surface area contributed by atoms with E-state index >= 15 is 0 Å². The van der Waals surface area contributed by atoms with Crippen LogP contribution in [0.1, 0.15) is 5.69 Å². The van der Waals surface area contributed by atoms with Crippen LogP contribution in [-0.4, -0.2) is 28.2 Å². The van der Waals surface area contributed by atoms with Gasteiger partial charge in [0.2, 0.25) is 11.8 Å². The Bertz CT molecular complexity index is 327. The number of carbonyl (C=O) groups is 1. The van der Waals surface area contributed by atoms with Gasteiger partial charge < -0.3 is 15.6 Å². The molecule has 6 heteroatoms. The highest BCUT2D eigenvalue weighted by atomic mass is 16.5. The highest BCUT2D eigenvalue weighted by Crippen LogP contribution is 2.10. The Morgan fingerprint density at radius 3 is 2.92 bits per heavy atom. The molecule has 0 saturated carbocycles. The van der Waals surface area contributed by atoms with Crippen molar-refractivity contribution in [3.63, 3.8) is 0 Å². The molecule has 0 spiro atoms. The fraction of sp³-hybridized carbons (Fsp3) is 0.286. The Kier molecular flexibility index (Phi) is 2.63. The predicted octanol–water partition coefficient (Wildman–Crippen LogP) is -0.306. The molecule has 70 valence electrons. The monoisotopic (exact) mass is 183 g/mol. The van der Waals surface area contributed by atoms with Gasteiger partial charge in [0.15, 0.2) is 0 Å². The normalized spacial score (nSPS) is 9.62. The van der Waals surface area contributed by atoms with Crippen LogP contribution in [0.25, 0.3) is 0 Å². The van der Waals surface area contributed by atoms with Gasteiger partial charge in [0, 0.05) is 6.07 Å². The zero-order valence-electron chi connectivity index (χ0n) is 7.02. The maximum absolute atomic E-state index is 10.3. The number of hydrogen-bond acceptors (Lipinski definition) is 5. The van der Waals surface area contributed by atoms with E-state index in [0.29, 0.717) is 5.69 Å². The molecular weight excluding hydrogens is 174 g/mol. The number of nitrogens with two attached hydrogens (primary N) is 1. The van der Waals surface area contributed by atoms with Crippen LogP contribution in [0.4, 0.5) is 5.95 Å². The van der Waals surface area contributed by atoms with Crippen molar-refractivity contribution in [3.05, 3.63) is 11.8 Å². The van der Waals surface area contributed by atoms with E-state index in [0.717, 1.165) is 0 Å². The van der Waals surface area contributed by atoms with Crippen LogP contribution in [-0.2, 0) is 11.2 Å². The predicted molar refractivity (Wildman–Crippen MR) is 44.3 cm³/mol. The molecule has 0 aromatic carbocycles. The lowest BCUT2D eigenvalue weighted by Gasteiger charge is -2.01. The number of nitrogens with zero attached hydrogens (tertiary/aromatic N) is 2. The van der Waals surface area contributed by atoms with E-state index in [9.17, 15) is 4.79 Å². The van der Waals surface area contributed by atoms with E-state index in [2.05, 4.69) is 9.97 Å². The lowest BCUT2D eigenvalue weighted by atomic mass is 10.3. The van der Waals surface area contributed by atoms with Gasteiger partial charge in [-0.25, -0.2) is 4.98 Å². The first-order valence-electron chi connectivity index (χ1n) is 3.51. The van der Waals surface area contributed by atoms with Gasteiger partial charge in [0.25, 0.3) is 0 Å². The molecule has 13 heavy (non-hydrogen) atoms.